The standard InChI is InChI=1S/C14H10ClF2NO2/c1-8-4-13(19)9(5-14(15)20)7-18(8)10-2-3-11(16)12(17)6-10/h2-4,6-7H,5H2,1H3. The van der Waals surface area contributed by atoms with Crippen LogP contribution in [0.2, 0.25) is 0 Å². The van der Waals surface area contributed by atoms with E-state index in [2.05, 4.69) is 0 Å². The highest BCUT2D eigenvalue weighted by Gasteiger charge is 2.10. The largest absolute Gasteiger partial charge is 0.321 e. The Balaban J connectivity index is 2.58. The van der Waals surface area contributed by atoms with Gasteiger partial charge in [0.05, 0.1) is 6.42 Å². The van der Waals surface area contributed by atoms with Crippen LogP contribution in [0.1, 0.15) is 11.3 Å². The second-order valence-corrected chi connectivity index (χ2v) is 4.73. The second kappa shape index (κ2) is 5.54. The van der Waals surface area contributed by atoms with Crippen LogP contribution in [-0.4, -0.2) is 9.81 Å². The van der Waals surface area contributed by atoms with Crippen molar-refractivity contribution in [2.24, 2.45) is 0 Å². The third-order valence-electron chi connectivity index (χ3n) is 2.83. The molecule has 0 amide bonds. The lowest BCUT2D eigenvalue weighted by atomic mass is 10.1. The lowest BCUT2D eigenvalue weighted by Gasteiger charge is -2.12. The predicted octanol–water partition coefficient (Wildman–Crippen LogP) is 2.73. The van der Waals surface area contributed by atoms with E-state index >= 15 is 0 Å². The number of pyridine rings is 1. The smallest absolute Gasteiger partial charge is 0.226 e. The first kappa shape index (κ1) is 14.4. The van der Waals surface area contributed by atoms with Crippen LogP contribution in [0.5, 0.6) is 0 Å². The zero-order valence-electron chi connectivity index (χ0n) is 10.5. The lowest BCUT2D eigenvalue weighted by molar-refractivity contribution is -0.111. The Morgan fingerprint density at radius 1 is 1.25 bits per heavy atom. The van der Waals surface area contributed by atoms with E-state index in [9.17, 15) is 18.4 Å². The molecule has 1 heterocycles. The van der Waals surface area contributed by atoms with E-state index in [4.69, 9.17) is 11.6 Å². The molecule has 0 bridgehead atoms. The summed E-state index contributed by atoms with van der Waals surface area (Å²) in [6.07, 6.45) is 1.19. The SMILES string of the molecule is Cc1cc(=O)c(CC(=O)Cl)cn1-c1ccc(F)c(F)c1. The van der Waals surface area contributed by atoms with E-state index < -0.39 is 16.9 Å². The Labute approximate surface area is 118 Å². The van der Waals surface area contributed by atoms with Crippen LogP contribution in [0.25, 0.3) is 5.69 Å². The topological polar surface area (TPSA) is 39.1 Å². The number of hydrogen-bond acceptors (Lipinski definition) is 2. The number of carbonyl (C=O) groups excluding carboxylic acids is 1. The quantitative estimate of drug-likeness (QED) is 0.817. The van der Waals surface area contributed by atoms with Crippen LogP contribution in [0.4, 0.5) is 8.78 Å². The van der Waals surface area contributed by atoms with Gasteiger partial charge in [-0.15, -0.1) is 0 Å². The zero-order valence-corrected chi connectivity index (χ0v) is 11.2. The molecular formula is C14H10ClF2NO2. The van der Waals surface area contributed by atoms with Gasteiger partial charge in [0.25, 0.3) is 0 Å². The Kier molecular flexibility index (Phi) is 3.99. The van der Waals surface area contributed by atoms with Crippen molar-refractivity contribution in [3.8, 4) is 5.69 Å². The van der Waals surface area contributed by atoms with Crippen LogP contribution < -0.4 is 5.43 Å². The Hall–Kier alpha value is -2.01. The summed E-state index contributed by atoms with van der Waals surface area (Å²) in [6.45, 7) is 1.65. The van der Waals surface area contributed by atoms with Crippen molar-refractivity contribution in [2.45, 2.75) is 13.3 Å². The third-order valence-corrected chi connectivity index (χ3v) is 2.97. The monoisotopic (exact) mass is 297 g/mol. The van der Waals surface area contributed by atoms with Gasteiger partial charge in [-0.3, -0.25) is 9.59 Å². The maximum Gasteiger partial charge on any atom is 0.226 e. The Morgan fingerprint density at radius 2 is 1.95 bits per heavy atom. The molecule has 0 aliphatic heterocycles. The lowest BCUT2D eigenvalue weighted by Crippen LogP contribution is -2.16. The summed E-state index contributed by atoms with van der Waals surface area (Å²) in [5, 5.41) is -0.664. The van der Waals surface area contributed by atoms with Gasteiger partial charge >= 0.3 is 0 Å². The van der Waals surface area contributed by atoms with Gasteiger partial charge < -0.3 is 4.57 Å². The Bertz CT molecular complexity index is 740. The van der Waals surface area contributed by atoms with Crippen molar-refractivity contribution in [2.75, 3.05) is 0 Å². The maximum absolute atomic E-state index is 13.3. The van der Waals surface area contributed by atoms with Crippen molar-refractivity contribution in [3.63, 3.8) is 0 Å². The molecular weight excluding hydrogens is 288 g/mol. The molecule has 104 valence electrons. The fraction of sp³-hybridized carbons (Fsp3) is 0.143. The van der Waals surface area contributed by atoms with Gasteiger partial charge in [-0.05, 0) is 30.7 Å². The fourth-order valence-electron chi connectivity index (χ4n) is 1.87. The molecule has 3 nitrogen and oxygen atoms in total. The molecule has 1 aromatic carbocycles. The van der Waals surface area contributed by atoms with Crippen LogP contribution in [0.3, 0.4) is 0 Å². The number of rotatable bonds is 3. The molecule has 0 atom stereocenters. The number of nitrogens with zero attached hydrogens (tertiary/aromatic N) is 1. The van der Waals surface area contributed by atoms with Gasteiger partial charge in [0.2, 0.25) is 5.24 Å². The molecule has 20 heavy (non-hydrogen) atoms. The van der Waals surface area contributed by atoms with Gasteiger partial charge in [0, 0.05) is 35.3 Å². The van der Waals surface area contributed by atoms with Crippen molar-refractivity contribution in [3.05, 3.63) is 63.6 Å². The number of carbonyl (C=O) groups is 1. The number of aryl methyl sites for hydroxylation is 1. The molecule has 0 fully saturated rings. The predicted molar refractivity (Wildman–Crippen MR) is 71.3 cm³/mol. The minimum atomic E-state index is -0.990. The average Bonchev–Trinajstić information content (AvgIpc) is 2.36. The van der Waals surface area contributed by atoms with Gasteiger partial charge in [-0.1, -0.05) is 0 Å². The van der Waals surface area contributed by atoms with E-state index in [0.29, 0.717) is 11.4 Å². The third kappa shape index (κ3) is 2.93. The van der Waals surface area contributed by atoms with Gasteiger partial charge in [0.15, 0.2) is 17.1 Å². The van der Waals surface area contributed by atoms with Crippen LogP contribution in [0.15, 0.2) is 35.3 Å². The number of hydrogen-bond donors (Lipinski definition) is 0. The number of halogens is 3. The normalized spacial score (nSPS) is 10.6. The average molecular weight is 298 g/mol. The van der Waals surface area contributed by atoms with E-state index in [-0.39, 0.29) is 17.4 Å². The molecule has 0 aliphatic carbocycles. The summed E-state index contributed by atoms with van der Waals surface area (Å²) < 4.78 is 27.7. The first-order valence-corrected chi connectivity index (χ1v) is 6.12. The summed E-state index contributed by atoms with van der Waals surface area (Å²) >= 11 is 5.27. The van der Waals surface area contributed by atoms with Gasteiger partial charge in [-0.2, -0.15) is 0 Å². The molecule has 2 rings (SSSR count). The highest BCUT2D eigenvalue weighted by molar-refractivity contribution is 6.63. The van der Waals surface area contributed by atoms with Crippen molar-refractivity contribution < 1.29 is 13.6 Å². The molecule has 0 saturated heterocycles. The fourth-order valence-corrected chi connectivity index (χ4v) is 2.01. The minimum Gasteiger partial charge on any atom is -0.321 e. The van der Waals surface area contributed by atoms with Crippen molar-refractivity contribution >= 4 is 16.8 Å². The molecule has 0 saturated carbocycles. The summed E-state index contributed by atoms with van der Waals surface area (Å²) in [5.74, 6) is -1.95. The molecule has 0 spiro atoms. The van der Waals surface area contributed by atoms with Crippen molar-refractivity contribution in [1.29, 1.82) is 0 Å². The summed E-state index contributed by atoms with van der Waals surface area (Å²) in [7, 11) is 0. The van der Waals surface area contributed by atoms with Crippen LogP contribution in [0, 0.1) is 18.6 Å². The maximum atomic E-state index is 13.3. The highest BCUT2D eigenvalue weighted by atomic mass is 35.5. The zero-order chi connectivity index (χ0) is 14.9. The summed E-state index contributed by atoms with van der Waals surface area (Å²) in [5.41, 5.74) is 0.757. The summed E-state index contributed by atoms with van der Waals surface area (Å²) in [4.78, 5) is 22.6. The van der Waals surface area contributed by atoms with E-state index in [1.807, 2.05) is 0 Å². The van der Waals surface area contributed by atoms with E-state index in [1.165, 1.54) is 22.9 Å². The minimum absolute atomic E-state index is 0.195. The number of benzene rings is 1. The van der Waals surface area contributed by atoms with Crippen LogP contribution in [-0.2, 0) is 11.2 Å². The number of aromatic nitrogens is 1. The Morgan fingerprint density at radius 3 is 2.55 bits per heavy atom. The molecule has 6 heteroatoms. The molecule has 0 aliphatic rings. The van der Waals surface area contributed by atoms with Crippen LogP contribution >= 0.6 is 11.6 Å². The molecule has 2 aromatic rings. The highest BCUT2D eigenvalue weighted by Crippen LogP contribution is 2.15. The summed E-state index contributed by atoms with van der Waals surface area (Å²) in [6, 6.07) is 4.70. The molecule has 0 radical (unpaired) electrons. The molecule has 0 unspecified atom stereocenters. The second-order valence-electron chi connectivity index (χ2n) is 4.30. The van der Waals surface area contributed by atoms with Gasteiger partial charge in [0.1, 0.15) is 0 Å². The van der Waals surface area contributed by atoms with E-state index in [0.717, 1.165) is 12.1 Å². The first-order chi connectivity index (χ1) is 9.38. The van der Waals surface area contributed by atoms with Crippen molar-refractivity contribution in [1.82, 2.24) is 4.57 Å². The molecule has 1 aromatic heterocycles. The molecule has 0 N–H and O–H groups in total. The van der Waals surface area contributed by atoms with E-state index in [1.54, 1.807) is 6.92 Å². The van der Waals surface area contributed by atoms with Gasteiger partial charge in [-0.25, -0.2) is 8.78 Å². The first-order valence-electron chi connectivity index (χ1n) is 5.74.